The second kappa shape index (κ2) is 11.4. The van der Waals surface area contributed by atoms with E-state index in [4.69, 9.17) is 19.2 Å². The highest BCUT2D eigenvalue weighted by Gasteiger charge is 2.35. The molecule has 0 saturated heterocycles. The topological polar surface area (TPSA) is 79.1 Å². The molecule has 0 fully saturated rings. The number of carbonyl (C=O) groups excluding carboxylic acids is 1. The highest BCUT2D eigenvalue weighted by atomic mass is 79.9. The predicted octanol–water partition coefficient (Wildman–Crippen LogP) is 4.72. The number of hydrogen-bond acceptors (Lipinski definition) is 7. The number of carbonyl (C=O) groups is 1. The van der Waals surface area contributed by atoms with E-state index in [2.05, 4.69) is 15.9 Å². The summed E-state index contributed by atoms with van der Waals surface area (Å²) in [6.07, 6.45) is 1.79. The van der Waals surface area contributed by atoms with Gasteiger partial charge in [-0.1, -0.05) is 72.0 Å². The highest BCUT2D eigenvalue weighted by molar-refractivity contribution is 9.10. The van der Waals surface area contributed by atoms with Crippen molar-refractivity contribution in [2.24, 2.45) is 4.99 Å². The molecule has 0 N–H and O–H groups in total. The van der Waals surface area contributed by atoms with Gasteiger partial charge in [-0.25, -0.2) is 9.79 Å². The molecule has 3 aromatic carbocycles. The van der Waals surface area contributed by atoms with Crippen molar-refractivity contribution in [2.45, 2.75) is 13.0 Å². The molecule has 2 heterocycles. The summed E-state index contributed by atoms with van der Waals surface area (Å²) in [5.74, 6) is 0.586. The van der Waals surface area contributed by atoms with Crippen LogP contribution in [0.3, 0.4) is 0 Å². The Kier molecular flexibility index (Phi) is 7.81. The number of nitrogens with zero attached hydrogens (tertiary/aromatic N) is 2. The molecule has 0 bridgehead atoms. The Morgan fingerprint density at radius 1 is 1.05 bits per heavy atom. The smallest absolute Gasteiger partial charge is 0.338 e. The molecule has 198 valence electrons. The number of esters is 1. The third-order valence-corrected chi connectivity index (χ3v) is 7.81. The zero-order valence-electron chi connectivity index (χ0n) is 21.5. The summed E-state index contributed by atoms with van der Waals surface area (Å²) in [6.45, 7) is 1.96. The van der Waals surface area contributed by atoms with E-state index in [1.807, 2.05) is 66.7 Å². The van der Waals surface area contributed by atoms with E-state index in [0.29, 0.717) is 36.6 Å². The van der Waals surface area contributed by atoms with Crippen LogP contribution in [0.4, 0.5) is 0 Å². The predicted molar refractivity (Wildman–Crippen MR) is 155 cm³/mol. The summed E-state index contributed by atoms with van der Waals surface area (Å²) in [6, 6.07) is 21.9. The number of thiazole rings is 1. The summed E-state index contributed by atoms with van der Waals surface area (Å²) >= 11 is 4.78. The molecule has 9 heteroatoms. The van der Waals surface area contributed by atoms with Gasteiger partial charge in [-0.15, -0.1) is 0 Å². The maximum absolute atomic E-state index is 14.0. The van der Waals surface area contributed by atoms with Crippen molar-refractivity contribution in [3.05, 3.63) is 119 Å². The van der Waals surface area contributed by atoms with Crippen LogP contribution in [-0.4, -0.2) is 31.4 Å². The van der Waals surface area contributed by atoms with Gasteiger partial charge in [0.15, 0.2) is 16.3 Å². The van der Waals surface area contributed by atoms with Crippen LogP contribution in [0.25, 0.3) is 11.8 Å². The van der Waals surface area contributed by atoms with Crippen LogP contribution in [0.2, 0.25) is 0 Å². The Morgan fingerprint density at radius 2 is 1.74 bits per heavy atom. The number of fused-ring (bicyclic) bond motifs is 1. The van der Waals surface area contributed by atoms with Gasteiger partial charge in [-0.05, 0) is 52.2 Å². The fraction of sp³-hybridized carbons (Fsp3) is 0.167. The number of rotatable bonds is 7. The van der Waals surface area contributed by atoms with Gasteiger partial charge in [0.25, 0.3) is 5.56 Å². The lowest BCUT2D eigenvalue weighted by atomic mass is 9.93. The fourth-order valence-corrected chi connectivity index (χ4v) is 6.19. The van der Waals surface area contributed by atoms with E-state index in [-0.39, 0.29) is 12.2 Å². The standard InChI is InChI=1S/C30H25BrN2O5S/c1-4-38-29(35)24-25(19-11-7-5-8-12-19)32-30-33(26(24)20-13-9-6-10-14-20)28(34)23(39-30)17-18-15-21(31)27(37-3)22(16-18)36-2/h5-17,26H,4H2,1-3H3/b23-17-/t26-/m0/s1. The summed E-state index contributed by atoms with van der Waals surface area (Å²) in [7, 11) is 3.12. The molecular formula is C30H25BrN2O5S. The fourth-order valence-electron chi connectivity index (χ4n) is 4.56. The van der Waals surface area contributed by atoms with Crippen LogP contribution in [0.5, 0.6) is 11.5 Å². The van der Waals surface area contributed by atoms with E-state index in [1.54, 1.807) is 37.9 Å². The SMILES string of the molecule is CCOC(=O)C1=C(c2ccccc2)N=c2s/c(=C\c3cc(Br)c(OC)c(OC)c3)c(=O)n2[C@H]1c1ccccc1. The van der Waals surface area contributed by atoms with Crippen LogP contribution < -0.4 is 24.4 Å². The molecule has 1 atom stereocenters. The van der Waals surface area contributed by atoms with E-state index >= 15 is 0 Å². The van der Waals surface area contributed by atoms with Crippen molar-refractivity contribution in [1.82, 2.24) is 4.57 Å². The minimum atomic E-state index is -0.712. The van der Waals surface area contributed by atoms with E-state index < -0.39 is 12.0 Å². The lowest BCUT2D eigenvalue weighted by molar-refractivity contribution is -0.138. The van der Waals surface area contributed by atoms with Crippen molar-refractivity contribution in [3.8, 4) is 11.5 Å². The monoisotopic (exact) mass is 604 g/mol. The molecular weight excluding hydrogens is 580 g/mol. The molecule has 0 radical (unpaired) electrons. The second-order valence-corrected chi connectivity index (χ2v) is 10.4. The maximum Gasteiger partial charge on any atom is 0.338 e. The summed E-state index contributed by atoms with van der Waals surface area (Å²) in [5, 5.41) is 0. The molecule has 1 aliphatic heterocycles. The summed E-state index contributed by atoms with van der Waals surface area (Å²) < 4.78 is 19.1. The minimum Gasteiger partial charge on any atom is -0.493 e. The van der Waals surface area contributed by atoms with Crippen molar-refractivity contribution >= 4 is 45.0 Å². The van der Waals surface area contributed by atoms with Gasteiger partial charge >= 0.3 is 5.97 Å². The van der Waals surface area contributed by atoms with Crippen molar-refractivity contribution in [3.63, 3.8) is 0 Å². The maximum atomic E-state index is 14.0. The minimum absolute atomic E-state index is 0.199. The zero-order chi connectivity index (χ0) is 27.5. The van der Waals surface area contributed by atoms with E-state index in [0.717, 1.165) is 16.7 Å². The number of aromatic nitrogens is 1. The second-order valence-electron chi connectivity index (χ2n) is 8.58. The van der Waals surface area contributed by atoms with Gasteiger partial charge in [0, 0.05) is 5.56 Å². The van der Waals surface area contributed by atoms with Gasteiger partial charge in [-0.3, -0.25) is 9.36 Å². The lowest BCUT2D eigenvalue weighted by Crippen LogP contribution is -2.39. The quantitative estimate of drug-likeness (QED) is 0.285. The Labute approximate surface area is 237 Å². The summed E-state index contributed by atoms with van der Waals surface area (Å²) in [4.78, 5) is 32.8. The van der Waals surface area contributed by atoms with Crippen LogP contribution in [-0.2, 0) is 9.53 Å². The Bertz CT molecular complexity index is 1740. The van der Waals surface area contributed by atoms with Gasteiger partial charge in [0.2, 0.25) is 0 Å². The molecule has 1 aliphatic rings. The van der Waals surface area contributed by atoms with Gasteiger partial charge in [0.1, 0.15) is 0 Å². The third kappa shape index (κ3) is 5.07. The van der Waals surface area contributed by atoms with Gasteiger partial charge in [-0.2, -0.15) is 0 Å². The van der Waals surface area contributed by atoms with Crippen LogP contribution >= 0.6 is 27.3 Å². The van der Waals surface area contributed by atoms with Crippen LogP contribution in [0, 0.1) is 0 Å². The Balaban J connectivity index is 1.80. The number of ether oxygens (including phenoxy) is 3. The first-order chi connectivity index (χ1) is 19.0. The van der Waals surface area contributed by atoms with Gasteiger partial charge < -0.3 is 14.2 Å². The van der Waals surface area contributed by atoms with Crippen LogP contribution in [0.15, 0.2) is 92.6 Å². The first-order valence-corrected chi connectivity index (χ1v) is 13.8. The molecule has 5 rings (SSSR count). The molecule has 4 aromatic rings. The average molecular weight is 606 g/mol. The molecule has 0 unspecified atom stereocenters. The average Bonchev–Trinajstić information content (AvgIpc) is 3.27. The third-order valence-electron chi connectivity index (χ3n) is 6.24. The Morgan fingerprint density at radius 3 is 2.38 bits per heavy atom. The van der Waals surface area contributed by atoms with Crippen molar-refractivity contribution < 1.29 is 19.0 Å². The highest BCUT2D eigenvalue weighted by Crippen LogP contribution is 2.37. The molecule has 0 spiro atoms. The first kappa shape index (κ1) is 26.6. The molecule has 0 aliphatic carbocycles. The largest absolute Gasteiger partial charge is 0.493 e. The van der Waals surface area contributed by atoms with Crippen molar-refractivity contribution in [1.29, 1.82) is 0 Å². The number of halogens is 1. The number of methoxy groups -OCH3 is 2. The molecule has 0 saturated carbocycles. The number of hydrogen-bond donors (Lipinski definition) is 0. The summed E-state index contributed by atoms with van der Waals surface area (Å²) in [5.41, 5.74) is 2.85. The molecule has 1 aromatic heterocycles. The van der Waals surface area contributed by atoms with E-state index in [9.17, 15) is 9.59 Å². The Hall–Kier alpha value is -3.95. The van der Waals surface area contributed by atoms with E-state index in [1.165, 1.54) is 11.3 Å². The number of benzene rings is 3. The van der Waals surface area contributed by atoms with Crippen molar-refractivity contribution in [2.75, 3.05) is 20.8 Å². The first-order valence-electron chi connectivity index (χ1n) is 12.2. The van der Waals surface area contributed by atoms with Crippen LogP contribution in [0.1, 0.15) is 29.7 Å². The molecule has 39 heavy (non-hydrogen) atoms. The normalized spacial score (nSPS) is 15.0. The molecule has 0 amide bonds. The molecule has 7 nitrogen and oxygen atoms in total. The van der Waals surface area contributed by atoms with Gasteiger partial charge in [0.05, 0.1) is 47.1 Å². The zero-order valence-corrected chi connectivity index (χ0v) is 23.9. The lowest BCUT2D eigenvalue weighted by Gasteiger charge is -2.25.